The first kappa shape index (κ1) is 37.4. The number of nitrogens with zero attached hydrogens (tertiary/aromatic N) is 2. The molecule has 1 aromatic heterocycles. The van der Waals surface area contributed by atoms with Crippen LogP contribution in [0.2, 0.25) is 0 Å². The van der Waals surface area contributed by atoms with E-state index < -0.39 is 54.0 Å². The van der Waals surface area contributed by atoms with E-state index in [4.69, 9.17) is 28.8 Å². The fourth-order valence-corrected chi connectivity index (χ4v) is 6.34. The lowest BCUT2D eigenvalue weighted by molar-refractivity contribution is -0.157. The molecule has 1 fully saturated rings. The zero-order valence-electron chi connectivity index (χ0n) is 29.6. The van der Waals surface area contributed by atoms with Gasteiger partial charge in [0, 0.05) is 18.2 Å². The average molecular weight is 734 g/mol. The summed E-state index contributed by atoms with van der Waals surface area (Å²) in [5, 5.41) is 11.8. The van der Waals surface area contributed by atoms with Crippen LogP contribution in [0.5, 0.6) is 11.5 Å². The quantitative estimate of drug-likeness (QED) is 0.102. The van der Waals surface area contributed by atoms with Crippen LogP contribution in [0, 0.1) is 0 Å². The zero-order chi connectivity index (χ0) is 38.1. The highest BCUT2D eigenvalue weighted by molar-refractivity contribution is 6.03. The van der Waals surface area contributed by atoms with E-state index in [0.29, 0.717) is 17.1 Å². The van der Waals surface area contributed by atoms with E-state index in [2.05, 4.69) is 10.3 Å². The lowest BCUT2D eigenvalue weighted by Crippen LogP contribution is -2.39. The Balaban J connectivity index is 1.33. The normalized spacial score (nSPS) is 16.7. The van der Waals surface area contributed by atoms with Crippen molar-refractivity contribution in [1.82, 2.24) is 9.55 Å². The highest BCUT2D eigenvalue weighted by atomic mass is 16.6. The zero-order valence-corrected chi connectivity index (χ0v) is 29.6. The number of hydrogen-bond donors (Lipinski definition) is 2. The van der Waals surface area contributed by atoms with Gasteiger partial charge in [0.25, 0.3) is 5.91 Å². The first-order valence-electron chi connectivity index (χ1n) is 17.2. The SMILES string of the molecule is COc1ccc(C(OC[C@H]2O[C@@H](n3ccc(NC(=O)c4ccccc4)nc3=O)C[C@@H]2OC(=O)CCC(=O)O)(c2ccccc2)c2ccc(OC)cc2)cc1. The van der Waals surface area contributed by atoms with Gasteiger partial charge in [0.15, 0.2) is 0 Å². The molecule has 1 amide bonds. The monoisotopic (exact) mass is 733 g/mol. The number of hydrogen-bond acceptors (Lipinski definition) is 10. The maximum absolute atomic E-state index is 13.3. The molecule has 0 spiro atoms. The van der Waals surface area contributed by atoms with E-state index in [1.54, 1.807) is 44.6 Å². The number of rotatable bonds is 15. The molecule has 278 valence electrons. The second kappa shape index (κ2) is 17.0. The number of benzene rings is 4. The number of carboxylic acid groups (broad SMARTS) is 1. The molecule has 13 nitrogen and oxygen atoms in total. The van der Waals surface area contributed by atoms with Crippen LogP contribution < -0.4 is 20.5 Å². The van der Waals surface area contributed by atoms with Gasteiger partial charge in [-0.1, -0.05) is 72.8 Å². The fraction of sp³-hybridized carbons (Fsp3) is 0.244. The molecule has 1 aliphatic heterocycles. The second-order valence-electron chi connectivity index (χ2n) is 12.4. The summed E-state index contributed by atoms with van der Waals surface area (Å²) in [5.74, 6) is -0.965. The van der Waals surface area contributed by atoms with Crippen molar-refractivity contribution in [2.24, 2.45) is 0 Å². The Bertz CT molecular complexity index is 2060. The Kier molecular flexibility index (Phi) is 11.8. The Morgan fingerprint density at radius 2 is 1.39 bits per heavy atom. The molecule has 13 heteroatoms. The number of carbonyl (C=O) groups is 3. The summed E-state index contributed by atoms with van der Waals surface area (Å²) in [5.41, 5.74) is 0.775. The van der Waals surface area contributed by atoms with Crippen LogP contribution in [0.15, 0.2) is 126 Å². The summed E-state index contributed by atoms with van der Waals surface area (Å²) < 4.78 is 31.3. The van der Waals surface area contributed by atoms with Gasteiger partial charge in [-0.15, -0.1) is 0 Å². The molecule has 2 heterocycles. The number of carboxylic acids is 1. The summed E-state index contributed by atoms with van der Waals surface area (Å²) >= 11 is 0. The maximum Gasteiger partial charge on any atom is 0.351 e. The lowest BCUT2D eigenvalue weighted by Gasteiger charge is -2.37. The standard InChI is InChI=1S/C41H39N3O10/c1-50-31-17-13-29(14-18-31)41(28-11-7-4-8-12-28,30-15-19-32(51-2)20-16-30)52-26-34-33(54-38(47)22-21-37(45)46)25-36(53-34)44-24-23-35(43-40(44)49)42-39(48)27-9-5-3-6-10-27/h3-20,23-24,33-34,36H,21-22,25-26H2,1-2H3,(H,45,46)(H,42,43,48,49)/t33-,34+,36+/m0/s1. The number of nitrogens with one attached hydrogen (secondary N) is 1. The van der Waals surface area contributed by atoms with Crippen LogP contribution in [0.3, 0.4) is 0 Å². The van der Waals surface area contributed by atoms with E-state index in [0.717, 1.165) is 16.7 Å². The topological polar surface area (TPSA) is 165 Å². The van der Waals surface area contributed by atoms with Crippen molar-refractivity contribution < 1.29 is 43.2 Å². The van der Waals surface area contributed by atoms with Gasteiger partial charge < -0.3 is 34.1 Å². The van der Waals surface area contributed by atoms with Crippen LogP contribution in [-0.4, -0.2) is 65.5 Å². The van der Waals surface area contributed by atoms with Crippen molar-refractivity contribution in [3.05, 3.63) is 154 Å². The summed E-state index contributed by atoms with van der Waals surface area (Å²) in [7, 11) is 3.17. The summed E-state index contributed by atoms with van der Waals surface area (Å²) in [4.78, 5) is 54.2. The Labute approximate surface area is 311 Å². The second-order valence-corrected chi connectivity index (χ2v) is 12.4. The third kappa shape index (κ3) is 8.49. The summed E-state index contributed by atoms with van der Waals surface area (Å²) in [6, 6.07) is 34.5. The molecule has 0 aliphatic carbocycles. The van der Waals surface area contributed by atoms with Gasteiger partial charge in [-0.2, -0.15) is 4.98 Å². The summed E-state index contributed by atoms with van der Waals surface area (Å²) in [6.07, 6.45) is -2.07. The minimum atomic E-state index is -1.23. The molecular weight excluding hydrogens is 694 g/mol. The number of esters is 1. The van der Waals surface area contributed by atoms with E-state index in [-0.39, 0.29) is 25.3 Å². The van der Waals surface area contributed by atoms with Crippen LogP contribution in [0.1, 0.15) is 52.5 Å². The predicted molar refractivity (Wildman–Crippen MR) is 196 cm³/mol. The van der Waals surface area contributed by atoms with Crippen LogP contribution in [-0.2, 0) is 29.4 Å². The molecule has 3 atom stereocenters. The number of aliphatic carboxylic acids is 1. The molecule has 5 aromatic rings. The molecule has 1 saturated heterocycles. The molecule has 0 unspecified atom stereocenters. The summed E-state index contributed by atoms with van der Waals surface area (Å²) in [6.45, 7) is -0.131. The van der Waals surface area contributed by atoms with E-state index in [1.807, 2.05) is 78.9 Å². The number of methoxy groups -OCH3 is 2. The number of ether oxygens (including phenoxy) is 5. The van der Waals surface area contributed by atoms with Crippen molar-refractivity contribution in [3.8, 4) is 11.5 Å². The highest BCUT2D eigenvalue weighted by Crippen LogP contribution is 2.43. The Morgan fingerprint density at radius 3 is 1.94 bits per heavy atom. The predicted octanol–water partition coefficient (Wildman–Crippen LogP) is 5.59. The first-order chi connectivity index (χ1) is 26.2. The largest absolute Gasteiger partial charge is 0.497 e. The van der Waals surface area contributed by atoms with Crippen LogP contribution in [0.4, 0.5) is 5.82 Å². The minimum absolute atomic E-state index is 0.0353. The van der Waals surface area contributed by atoms with Crippen LogP contribution in [0.25, 0.3) is 0 Å². The van der Waals surface area contributed by atoms with Crippen LogP contribution >= 0.6 is 0 Å². The highest BCUT2D eigenvalue weighted by Gasteiger charge is 2.44. The number of aromatic nitrogens is 2. The molecule has 54 heavy (non-hydrogen) atoms. The van der Waals surface area contributed by atoms with Crippen molar-refractivity contribution in [2.75, 3.05) is 26.1 Å². The van der Waals surface area contributed by atoms with E-state index >= 15 is 0 Å². The fourth-order valence-electron chi connectivity index (χ4n) is 6.34. The molecule has 2 N–H and O–H groups in total. The van der Waals surface area contributed by atoms with Gasteiger partial charge in [0.05, 0.1) is 33.7 Å². The molecular formula is C41H39N3O10. The third-order valence-electron chi connectivity index (χ3n) is 9.06. The van der Waals surface area contributed by atoms with Crippen molar-refractivity contribution in [3.63, 3.8) is 0 Å². The van der Waals surface area contributed by atoms with Gasteiger partial charge in [-0.25, -0.2) is 4.79 Å². The van der Waals surface area contributed by atoms with E-state index in [9.17, 15) is 19.2 Å². The molecule has 0 bridgehead atoms. The van der Waals surface area contributed by atoms with Gasteiger partial charge in [-0.3, -0.25) is 19.0 Å². The minimum Gasteiger partial charge on any atom is -0.497 e. The number of carbonyl (C=O) groups excluding carboxylic acids is 2. The lowest BCUT2D eigenvalue weighted by atomic mass is 9.80. The van der Waals surface area contributed by atoms with Crippen molar-refractivity contribution in [2.45, 2.75) is 43.3 Å². The van der Waals surface area contributed by atoms with E-state index in [1.165, 1.54) is 16.8 Å². The molecule has 4 aromatic carbocycles. The number of anilines is 1. The molecule has 1 aliphatic rings. The third-order valence-corrected chi connectivity index (χ3v) is 9.06. The van der Waals surface area contributed by atoms with Gasteiger partial charge >= 0.3 is 17.6 Å². The molecule has 0 saturated carbocycles. The molecule has 6 rings (SSSR count). The average Bonchev–Trinajstić information content (AvgIpc) is 3.60. The smallest absolute Gasteiger partial charge is 0.351 e. The Morgan fingerprint density at radius 1 is 0.815 bits per heavy atom. The molecule has 0 radical (unpaired) electrons. The first-order valence-corrected chi connectivity index (χ1v) is 17.2. The van der Waals surface area contributed by atoms with Crippen molar-refractivity contribution >= 4 is 23.7 Å². The van der Waals surface area contributed by atoms with Gasteiger partial charge in [0.1, 0.15) is 41.4 Å². The van der Waals surface area contributed by atoms with Gasteiger partial charge in [-0.05, 0) is 59.2 Å². The maximum atomic E-state index is 13.3. The Hall–Kier alpha value is -6.31. The van der Waals surface area contributed by atoms with Crippen molar-refractivity contribution in [1.29, 1.82) is 0 Å². The number of amides is 1. The van der Waals surface area contributed by atoms with Gasteiger partial charge in [0.2, 0.25) is 0 Å².